The van der Waals surface area contributed by atoms with Crippen LogP contribution in [-0.2, 0) is 11.3 Å². The van der Waals surface area contributed by atoms with Gasteiger partial charge in [0.05, 0.1) is 0 Å². The van der Waals surface area contributed by atoms with Crippen LogP contribution < -0.4 is 11.1 Å². The van der Waals surface area contributed by atoms with E-state index < -0.39 is 0 Å². The number of carbonyl (C=O) groups is 1. The predicted molar refractivity (Wildman–Crippen MR) is 95.5 cm³/mol. The first-order valence-corrected chi connectivity index (χ1v) is 8.26. The fourth-order valence-corrected chi connectivity index (χ4v) is 1.92. The van der Waals surface area contributed by atoms with E-state index in [9.17, 15) is 4.79 Å². The minimum absolute atomic E-state index is 0.0828. The number of benzene rings is 1. The van der Waals surface area contributed by atoms with Crippen LogP contribution in [0.3, 0.4) is 0 Å². The zero-order valence-corrected chi connectivity index (χ0v) is 14.4. The van der Waals surface area contributed by atoms with Crippen LogP contribution in [0, 0.1) is 0 Å². The van der Waals surface area contributed by atoms with Crippen molar-refractivity contribution in [1.82, 2.24) is 10.2 Å². The van der Waals surface area contributed by atoms with Crippen molar-refractivity contribution in [2.24, 2.45) is 5.73 Å². The van der Waals surface area contributed by atoms with Crippen molar-refractivity contribution in [3.63, 3.8) is 0 Å². The lowest BCUT2D eigenvalue weighted by Crippen LogP contribution is -2.45. The third-order valence-electron chi connectivity index (χ3n) is 3.06. The molecule has 1 aliphatic rings. The molecule has 1 aliphatic heterocycles. The van der Waals surface area contributed by atoms with Gasteiger partial charge < -0.3 is 16.0 Å². The lowest BCUT2D eigenvalue weighted by Gasteiger charge is -2.26. The van der Waals surface area contributed by atoms with Gasteiger partial charge in [-0.1, -0.05) is 52.0 Å². The Bertz CT molecular complexity index is 420. The summed E-state index contributed by atoms with van der Waals surface area (Å²) in [4.78, 5) is 13.7. The Kier molecular flexibility index (Phi) is 12.1. The fourth-order valence-electron chi connectivity index (χ4n) is 1.92. The van der Waals surface area contributed by atoms with Crippen molar-refractivity contribution >= 4 is 12.0 Å². The molecule has 2 rings (SSSR count). The van der Waals surface area contributed by atoms with Crippen molar-refractivity contribution < 1.29 is 4.79 Å². The molecular weight excluding hydrogens is 274 g/mol. The van der Waals surface area contributed by atoms with Crippen LogP contribution in [0.5, 0.6) is 0 Å². The minimum atomic E-state index is 0.0828. The van der Waals surface area contributed by atoms with Gasteiger partial charge in [-0.3, -0.25) is 4.79 Å². The second-order valence-electron chi connectivity index (χ2n) is 4.35. The summed E-state index contributed by atoms with van der Waals surface area (Å²) < 4.78 is 0. The predicted octanol–water partition coefficient (Wildman–Crippen LogP) is 2.64. The summed E-state index contributed by atoms with van der Waals surface area (Å²) >= 11 is 0. The van der Waals surface area contributed by atoms with E-state index >= 15 is 0 Å². The van der Waals surface area contributed by atoms with Gasteiger partial charge in [0.1, 0.15) is 0 Å². The van der Waals surface area contributed by atoms with E-state index in [1.165, 1.54) is 0 Å². The number of piperazine rings is 1. The number of rotatable bonds is 3. The molecule has 0 aliphatic carbocycles. The second-order valence-corrected chi connectivity index (χ2v) is 4.35. The number of amides is 1. The fraction of sp³-hybridized carbons (Fsp3) is 0.500. The Balaban J connectivity index is 0.00000102. The highest BCUT2D eigenvalue weighted by atomic mass is 16.2. The van der Waals surface area contributed by atoms with E-state index in [1.54, 1.807) is 6.08 Å². The van der Waals surface area contributed by atoms with Gasteiger partial charge in [0.15, 0.2) is 0 Å². The topological polar surface area (TPSA) is 58.4 Å². The van der Waals surface area contributed by atoms with Crippen molar-refractivity contribution in [2.75, 3.05) is 26.2 Å². The maximum atomic E-state index is 11.9. The Morgan fingerprint density at radius 2 is 1.68 bits per heavy atom. The molecule has 0 aromatic heterocycles. The maximum Gasteiger partial charge on any atom is 0.246 e. The van der Waals surface area contributed by atoms with E-state index in [2.05, 4.69) is 5.32 Å². The molecule has 0 saturated carbocycles. The number of nitrogens with one attached hydrogen (secondary N) is 1. The summed E-state index contributed by atoms with van der Waals surface area (Å²) in [6, 6.07) is 7.91. The standard InChI is InChI=1S/C14H19N3O.2C2H6/c15-11-13-3-1-12(2-4-13)5-6-14(18)17-9-7-16-8-10-17;2*1-2/h1-6,16H,7-11,15H2;2*1-2H3/b6-5+;;. The minimum Gasteiger partial charge on any atom is -0.337 e. The molecule has 0 bridgehead atoms. The third-order valence-corrected chi connectivity index (χ3v) is 3.06. The summed E-state index contributed by atoms with van der Waals surface area (Å²) in [7, 11) is 0. The highest BCUT2D eigenvalue weighted by Gasteiger charge is 2.12. The van der Waals surface area contributed by atoms with Crippen LogP contribution in [-0.4, -0.2) is 37.0 Å². The molecule has 4 heteroatoms. The van der Waals surface area contributed by atoms with Crippen molar-refractivity contribution in [1.29, 1.82) is 0 Å². The molecule has 0 radical (unpaired) electrons. The molecule has 124 valence electrons. The zero-order chi connectivity index (χ0) is 16.8. The van der Waals surface area contributed by atoms with Crippen molar-refractivity contribution in [3.8, 4) is 0 Å². The van der Waals surface area contributed by atoms with E-state index in [4.69, 9.17) is 5.73 Å². The van der Waals surface area contributed by atoms with Gasteiger partial charge in [-0.2, -0.15) is 0 Å². The van der Waals surface area contributed by atoms with E-state index in [-0.39, 0.29) is 5.91 Å². The number of carbonyl (C=O) groups excluding carboxylic acids is 1. The monoisotopic (exact) mass is 305 g/mol. The average Bonchev–Trinajstić information content (AvgIpc) is 2.64. The second kappa shape index (κ2) is 13.0. The zero-order valence-electron chi connectivity index (χ0n) is 14.4. The SMILES string of the molecule is CC.CC.NCc1ccc(/C=C/C(=O)N2CCNCC2)cc1. The lowest BCUT2D eigenvalue weighted by molar-refractivity contribution is -0.126. The molecular formula is C18H31N3O. The Labute approximate surface area is 135 Å². The van der Waals surface area contributed by atoms with Crippen LogP contribution >= 0.6 is 0 Å². The van der Waals surface area contributed by atoms with Crippen LogP contribution in [0.25, 0.3) is 6.08 Å². The first-order valence-electron chi connectivity index (χ1n) is 8.26. The van der Waals surface area contributed by atoms with Gasteiger partial charge in [0.25, 0.3) is 0 Å². The third kappa shape index (κ3) is 7.38. The largest absolute Gasteiger partial charge is 0.337 e. The molecule has 1 heterocycles. The molecule has 4 nitrogen and oxygen atoms in total. The molecule has 1 fully saturated rings. The number of hydrogen-bond acceptors (Lipinski definition) is 3. The van der Waals surface area contributed by atoms with Gasteiger partial charge >= 0.3 is 0 Å². The highest BCUT2D eigenvalue weighted by molar-refractivity contribution is 5.91. The molecule has 0 unspecified atom stereocenters. The maximum absolute atomic E-state index is 11.9. The van der Waals surface area contributed by atoms with Gasteiger partial charge in [0.2, 0.25) is 5.91 Å². The molecule has 0 spiro atoms. The summed E-state index contributed by atoms with van der Waals surface area (Å²) in [5, 5.41) is 3.23. The van der Waals surface area contributed by atoms with Crippen molar-refractivity contribution in [2.45, 2.75) is 34.2 Å². The number of nitrogens with zero attached hydrogens (tertiary/aromatic N) is 1. The first kappa shape index (κ1) is 20.3. The van der Waals surface area contributed by atoms with Gasteiger partial charge in [-0.15, -0.1) is 0 Å². The molecule has 3 N–H and O–H groups in total. The number of hydrogen-bond donors (Lipinski definition) is 2. The smallest absolute Gasteiger partial charge is 0.246 e. The molecule has 0 atom stereocenters. The summed E-state index contributed by atoms with van der Waals surface area (Å²) in [6.45, 7) is 11.9. The molecule has 1 aromatic carbocycles. The van der Waals surface area contributed by atoms with Gasteiger partial charge in [0, 0.05) is 38.8 Å². The number of nitrogens with two attached hydrogens (primary N) is 1. The summed E-state index contributed by atoms with van der Waals surface area (Å²) in [5.74, 6) is 0.0828. The van der Waals surface area contributed by atoms with E-state index in [1.807, 2.05) is 62.9 Å². The van der Waals surface area contributed by atoms with E-state index in [0.29, 0.717) is 6.54 Å². The summed E-state index contributed by atoms with van der Waals surface area (Å²) in [5.41, 5.74) is 7.66. The van der Waals surface area contributed by atoms with E-state index in [0.717, 1.165) is 37.3 Å². The molecule has 1 saturated heterocycles. The van der Waals surface area contributed by atoms with Crippen LogP contribution in [0.4, 0.5) is 0 Å². The van der Waals surface area contributed by atoms with Gasteiger partial charge in [-0.05, 0) is 17.2 Å². The quantitative estimate of drug-likeness (QED) is 0.844. The Morgan fingerprint density at radius 1 is 1.14 bits per heavy atom. The average molecular weight is 305 g/mol. The highest BCUT2D eigenvalue weighted by Crippen LogP contribution is 2.06. The Hall–Kier alpha value is -1.65. The molecule has 22 heavy (non-hydrogen) atoms. The van der Waals surface area contributed by atoms with Crippen LogP contribution in [0.2, 0.25) is 0 Å². The normalized spacial score (nSPS) is 13.8. The first-order chi connectivity index (χ1) is 10.8. The van der Waals surface area contributed by atoms with Crippen LogP contribution in [0.1, 0.15) is 38.8 Å². The molecule has 1 aromatic rings. The Morgan fingerprint density at radius 3 is 2.18 bits per heavy atom. The lowest BCUT2D eigenvalue weighted by atomic mass is 10.1. The summed E-state index contributed by atoms with van der Waals surface area (Å²) in [6.07, 6.45) is 3.49. The van der Waals surface area contributed by atoms with Gasteiger partial charge in [-0.25, -0.2) is 0 Å². The molecule has 1 amide bonds. The van der Waals surface area contributed by atoms with Crippen molar-refractivity contribution in [3.05, 3.63) is 41.5 Å². The van der Waals surface area contributed by atoms with Crippen LogP contribution in [0.15, 0.2) is 30.3 Å².